The van der Waals surface area contributed by atoms with E-state index < -0.39 is 17.7 Å². The number of ether oxygens (including phenoxy) is 2. The molecule has 1 aliphatic heterocycles. The van der Waals surface area contributed by atoms with Crippen molar-refractivity contribution >= 4 is 24.0 Å². The van der Waals surface area contributed by atoms with Crippen molar-refractivity contribution < 1.29 is 28.7 Å². The Kier molecular flexibility index (Phi) is 8.80. The van der Waals surface area contributed by atoms with E-state index in [1.54, 1.807) is 38.1 Å². The minimum atomic E-state index is -0.922. The molecule has 0 unspecified atom stereocenters. The Hall–Kier alpha value is -3.14. The van der Waals surface area contributed by atoms with E-state index in [9.17, 15) is 19.2 Å². The first-order valence-electron chi connectivity index (χ1n) is 10.4. The molecule has 10 heteroatoms. The van der Waals surface area contributed by atoms with E-state index in [1.807, 2.05) is 0 Å². The maximum atomic E-state index is 12.6. The Morgan fingerprint density at radius 3 is 1.77 bits per heavy atom. The Morgan fingerprint density at radius 2 is 1.35 bits per heavy atom. The predicted octanol–water partition coefficient (Wildman–Crippen LogP) is 1.64. The average molecular weight is 434 g/mol. The second kappa shape index (κ2) is 11.3. The highest BCUT2D eigenvalue weighted by molar-refractivity contribution is 6.21. The largest absolute Gasteiger partial charge is 0.449 e. The lowest BCUT2D eigenvalue weighted by atomic mass is 9.89. The van der Waals surface area contributed by atoms with Crippen molar-refractivity contribution in [1.29, 1.82) is 0 Å². The van der Waals surface area contributed by atoms with Gasteiger partial charge in [-0.2, -0.15) is 0 Å². The zero-order valence-corrected chi connectivity index (χ0v) is 17.9. The van der Waals surface area contributed by atoms with Crippen molar-refractivity contribution in [2.75, 3.05) is 32.8 Å². The van der Waals surface area contributed by atoms with Gasteiger partial charge in [-0.1, -0.05) is 12.1 Å². The summed E-state index contributed by atoms with van der Waals surface area (Å²) in [4.78, 5) is 49.4. The van der Waals surface area contributed by atoms with Gasteiger partial charge in [0.05, 0.1) is 24.3 Å². The SMILES string of the molecule is CCNC(=O)OCCC(N)(CCOC(=O)NCC)CCN1C(=O)c2ccccc2C1=O. The molecule has 0 radical (unpaired) electrons. The summed E-state index contributed by atoms with van der Waals surface area (Å²) in [5.74, 6) is -0.722. The summed E-state index contributed by atoms with van der Waals surface area (Å²) in [6, 6.07) is 6.65. The summed E-state index contributed by atoms with van der Waals surface area (Å²) < 4.78 is 10.2. The molecular weight excluding hydrogens is 404 g/mol. The van der Waals surface area contributed by atoms with Gasteiger partial charge in [-0.05, 0) is 45.2 Å². The van der Waals surface area contributed by atoms with Gasteiger partial charge in [-0.3, -0.25) is 14.5 Å². The van der Waals surface area contributed by atoms with Crippen molar-refractivity contribution in [2.24, 2.45) is 5.73 Å². The zero-order chi connectivity index (χ0) is 22.9. The first-order valence-corrected chi connectivity index (χ1v) is 10.4. The summed E-state index contributed by atoms with van der Waals surface area (Å²) >= 11 is 0. The van der Waals surface area contributed by atoms with Gasteiger partial charge in [0.15, 0.2) is 0 Å². The number of alkyl carbamates (subject to hydrolysis) is 2. The van der Waals surface area contributed by atoms with Crippen LogP contribution < -0.4 is 16.4 Å². The molecule has 0 atom stereocenters. The highest BCUT2D eigenvalue weighted by atomic mass is 16.6. The third-order valence-electron chi connectivity index (χ3n) is 5.02. The van der Waals surface area contributed by atoms with Crippen LogP contribution in [0.4, 0.5) is 9.59 Å². The number of fused-ring (bicyclic) bond motifs is 1. The number of hydrogen-bond donors (Lipinski definition) is 3. The molecule has 0 saturated carbocycles. The van der Waals surface area contributed by atoms with Crippen molar-refractivity contribution in [3.63, 3.8) is 0 Å². The van der Waals surface area contributed by atoms with Crippen LogP contribution in [0, 0.1) is 0 Å². The van der Waals surface area contributed by atoms with Crippen LogP contribution >= 0.6 is 0 Å². The van der Waals surface area contributed by atoms with Crippen molar-refractivity contribution in [3.05, 3.63) is 35.4 Å². The molecule has 0 saturated heterocycles. The van der Waals surface area contributed by atoms with E-state index in [0.29, 0.717) is 24.2 Å². The Bertz CT molecular complexity index is 754. The number of nitrogens with two attached hydrogens (primary N) is 1. The molecule has 10 nitrogen and oxygen atoms in total. The van der Waals surface area contributed by atoms with Gasteiger partial charge in [0.25, 0.3) is 11.8 Å². The molecule has 0 aliphatic carbocycles. The number of imide groups is 1. The minimum absolute atomic E-state index is 0.0472. The lowest BCUT2D eigenvalue weighted by Crippen LogP contribution is -2.46. The molecular formula is C21H30N4O6. The standard InChI is InChI=1S/C21H30N4O6/c1-3-23-19(28)30-13-10-21(22,11-14-31-20(29)24-4-2)9-12-25-17(26)15-7-5-6-8-16(15)18(25)27/h5-8H,3-4,9-14,22H2,1-2H3,(H,23,28)(H,24,29). The van der Waals surface area contributed by atoms with Crippen molar-refractivity contribution in [2.45, 2.75) is 38.6 Å². The average Bonchev–Trinajstić information content (AvgIpc) is 2.97. The van der Waals surface area contributed by atoms with Crippen molar-refractivity contribution in [3.8, 4) is 0 Å². The lowest BCUT2D eigenvalue weighted by molar-refractivity contribution is 0.0633. The highest BCUT2D eigenvalue weighted by Gasteiger charge is 2.37. The second-order valence-electron chi connectivity index (χ2n) is 7.25. The van der Waals surface area contributed by atoms with Gasteiger partial charge in [0, 0.05) is 25.2 Å². The molecule has 4 N–H and O–H groups in total. The van der Waals surface area contributed by atoms with Crippen LogP contribution in [-0.2, 0) is 9.47 Å². The molecule has 0 bridgehead atoms. The summed E-state index contributed by atoms with van der Waals surface area (Å²) in [6.45, 7) is 4.62. The first-order chi connectivity index (χ1) is 14.8. The van der Waals surface area contributed by atoms with Crippen LogP contribution in [0.1, 0.15) is 53.8 Å². The Morgan fingerprint density at radius 1 is 0.903 bits per heavy atom. The molecule has 0 fully saturated rings. The number of amides is 4. The molecule has 4 amide bonds. The van der Waals surface area contributed by atoms with E-state index in [0.717, 1.165) is 0 Å². The van der Waals surface area contributed by atoms with Gasteiger partial charge in [-0.25, -0.2) is 9.59 Å². The molecule has 0 spiro atoms. The molecule has 0 aromatic heterocycles. The van der Waals surface area contributed by atoms with Gasteiger partial charge in [0.2, 0.25) is 0 Å². The fourth-order valence-corrected chi connectivity index (χ4v) is 3.24. The topological polar surface area (TPSA) is 140 Å². The fourth-order valence-electron chi connectivity index (χ4n) is 3.24. The first kappa shape index (κ1) is 24.1. The van der Waals surface area contributed by atoms with E-state index >= 15 is 0 Å². The molecule has 1 aromatic carbocycles. The van der Waals surface area contributed by atoms with Crippen LogP contribution in [0.15, 0.2) is 24.3 Å². The van der Waals surface area contributed by atoms with E-state index in [-0.39, 0.29) is 50.8 Å². The van der Waals surface area contributed by atoms with E-state index in [2.05, 4.69) is 10.6 Å². The number of hydrogen-bond acceptors (Lipinski definition) is 7. The highest BCUT2D eigenvalue weighted by Crippen LogP contribution is 2.25. The normalized spacial score (nSPS) is 13.1. The third-order valence-corrected chi connectivity index (χ3v) is 5.02. The summed E-state index contributed by atoms with van der Waals surface area (Å²) in [6.07, 6.45) is -0.304. The minimum Gasteiger partial charge on any atom is -0.449 e. The van der Waals surface area contributed by atoms with E-state index in [4.69, 9.17) is 15.2 Å². The summed E-state index contributed by atoms with van der Waals surface area (Å²) in [7, 11) is 0. The smallest absolute Gasteiger partial charge is 0.407 e. The number of benzene rings is 1. The number of rotatable bonds is 11. The van der Waals surface area contributed by atoms with Crippen molar-refractivity contribution in [1.82, 2.24) is 15.5 Å². The summed E-state index contributed by atoms with van der Waals surface area (Å²) in [5, 5.41) is 5.05. The number of carbonyl (C=O) groups excluding carboxylic acids is 4. The van der Waals surface area contributed by atoms with E-state index in [1.165, 1.54) is 4.90 Å². The number of nitrogens with one attached hydrogen (secondary N) is 2. The molecule has 1 aliphatic rings. The van der Waals surface area contributed by atoms with Crippen LogP contribution in [0.5, 0.6) is 0 Å². The zero-order valence-electron chi connectivity index (χ0n) is 17.9. The molecule has 1 heterocycles. The monoisotopic (exact) mass is 434 g/mol. The second-order valence-corrected chi connectivity index (χ2v) is 7.25. The third kappa shape index (κ3) is 6.68. The molecule has 170 valence electrons. The van der Waals surface area contributed by atoms with Crippen LogP contribution in [0.3, 0.4) is 0 Å². The van der Waals surface area contributed by atoms with Crippen LogP contribution in [-0.4, -0.2) is 67.3 Å². The van der Waals surface area contributed by atoms with Crippen LogP contribution in [0.2, 0.25) is 0 Å². The number of carbonyl (C=O) groups is 4. The van der Waals surface area contributed by atoms with Gasteiger partial charge in [0.1, 0.15) is 0 Å². The molecule has 31 heavy (non-hydrogen) atoms. The predicted molar refractivity (Wildman–Crippen MR) is 113 cm³/mol. The van der Waals surface area contributed by atoms with Gasteiger partial charge in [-0.15, -0.1) is 0 Å². The maximum absolute atomic E-state index is 12.6. The summed E-state index contributed by atoms with van der Waals surface area (Å²) in [5.41, 5.74) is 6.34. The lowest BCUT2D eigenvalue weighted by Gasteiger charge is -2.31. The van der Waals surface area contributed by atoms with Gasteiger partial charge >= 0.3 is 12.2 Å². The fraction of sp³-hybridized carbons (Fsp3) is 0.524. The number of nitrogens with zero attached hydrogens (tertiary/aromatic N) is 1. The molecule has 2 rings (SSSR count). The molecule has 1 aromatic rings. The van der Waals surface area contributed by atoms with Gasteiger partial charge < -0.3 is 25.8 Å². The Balaban J connectivity index is 1.98. The van der Waals surface area contributed by atoms with Crippen LogP contribution in [0.25, 0.3) is 0 Å². The quantitative estimate of drug-likeness (QED) is 0.450. The maximum Gasteiger partial charge on any atom is 0.407 e. The Labute approximate surface area is 181 Å².